The van der Waals surface area contributed by atoms with Crippen LogP contribution in [-0.4, -0.2) is 16.5 Å². The van der Waals surface area contributed by atoms with Crippen LogP contribution in [0.2, 0.25) is 0 Å². The van der Waals surface area contributed by atoms with Crippen LogP contribution in [0.4, 0.5) is 0 Å². The van der Waals surface area contributed by atoms with Crippen LogP contribution < -0.4 is 0 Å². The molecule has 0 aliphatic heterocycles. The summed E-state index contributed by atoms with van der Waals surface area (Å²) in [5.41, 5.74) is -0.640. The summed E-state index contributed by atoms with van der Waals surface area (Å²) in [5.74, 6) is 0.703. The van der Waals surface area contributed by atoms with Crippen molar-refractivity contribution in [1.29, 1.82) is 0 Å². The lowest BCUT2D eigenvalue weighted by atomic mass is 9.63. The summed E-state index contributed by atoms with van der Waals surface area (Å²) in [6.07, 6.45) is 3.43. The molecule has 0 aromatic rings. The van der Waals surface area contributed by atoms with Crippen LogP contribution in [0.3, 0.4) is 0 Å². The molecule has 3 atom stereocenters. The first-order valence-electron chi connectivity index (χ1n) is 5.95. The molecule has 0 amide bonds. The van der Waals surface area contributed by atoms with Gasteiger partial charge in [0.1, 0.15) is 5.78 Å². The summed E-state index contributed by atoms with van der Waals surface area (Å²) < 4.78 is 0. The number of carbonyl (C=O) groups is 1. The molecule has 15 heavy (non-hydrogen) atoms. The van der Waals surface area contributed by atoms with E-state index in [0.717, 1.165) is 12.8 Å². The molecular formula is C13H22O2. The van der Waals surface area contributed by atoms with Crippen LogP contribution in [0.15, 0.2) is 0 Å². The number of fused-ring (bicyclic) bond motifs is 2. The maximum atomic E-state index is 11.3. The number of Topliss-reactive ketones (excluding diaryl/α,β-unsaturated/α-hetero) is 1. The number of hydrogen-bond donors (Lipinski definition) is 1. The lowest BCUT2D eigenvalue weighted by Gasteiger charge is -2.45. The van der Waals surface area contributed by atoms with Crippen molar-refractivity contribution >= 4 is 5.78 Å². The number of ketones is 1. The third-order valence-electron chi connectivity index (χ3n) is 5.59. The normalized spacial score (nSPS) is 47.1. The molecular weight excluding hydrogens is 188 g/mol. The van der Waals surface area contributed by atoms with E-state index in [2.05, 4.69) is 20.8 Å². The van der Waals surface area contributed by atoms with Crippen LogP contribution in [0.25, 0.3) is 0 Å². The molecule has 0 heterocycles. The van der Waals surface area contributed by atoms with E-state index in [9.17, 15) is 9.90 Å². The largest absolute Gasteiger partial charge is 0.389 e. The molecule has 0 aromatic heterocycles. The van der Waals surface area contributed by atoms with Gasteiger partial charge in [-0.2, -0.15) is 0 Å². The van der Waals surface area contributed by atoms with E-state index in [1.54, 1.807) is 6.92 Å². The molecule has 2 aliphatic rings. The number of carbonyl (C=O) groups excluding carboxylic acids is 1. The molecule has 2 rings (SSSR count). The Hall–Kier alpha value is -0.370. The minimum absolute atomic E-state index is 0.0731. The van der Waals surface area contributed by atoms with E-state index < -0.39 is 5.60 Å². The van der Waals surface area contributed by atoms with Gasteiger partial charge in [-0.1, -0.05) is 20.8 Å². The second-order valence-corrected chi connectivity index (χ2v) is 6.40. The molecule has 0 radical (unpaired) electrons. The summed E-state index contributed by atoms with van der Waals surface area (Å²) in [5, 5.41) is 10.7. The molecule has 1 N–H and O–H groups in total. The minimum Gasteiger partial charge on any atom is -0.389 e. The molecule has 0 saturated heterocycles. The van der Waals surface area contributed by atoms with Crippen molar-refractivity contribution in [2.45, 2.75) is 59.0 Å². The zero-order valence-corrected chi connectivity index (χ0v) is 10.3. The van der Waals surface area contributed by atoms with Gasteiger partial charge in [0, 0.05) is 11.8 Å². The first kappa shape index (κ1) is 11.1. The van der Waals surface area contributed by atoms with Crippen LogP contribution >= 0.6 is 0 Å². The smallest absolute Gasteiger partial charge is 0.132 e. The molecule has 2 aliphatic carbocycles. The van der Waals surface area contributed by atoms with Crippen molar-refractivity contribution in [3.8, 4) is 0 Å². The highest BCUT2D eigenvalue weighted by atomic mass is 16.3. The molecule has 2 nitrogen and oxygen atoms in total. The fourth-order valence-corrected chi connectivity index (χ4v) is 4.10. The minimum atomic E-state index is -0.745. The quantitative estimate of drug-likeness (QED) is 0.760. The third-order valence-corrected chi connectivity index (χ3v) is 5.59. The zero-order valence-electron chi connectivity index (χ0n) is 10.3. The molecule has 0 spiro atoms. The fourth-order valence-electron chi connectivity index (χ4n) is 4.10. The predicted octanol–water partition coefficient (Wildman–Crippen LogP) is 2.54. The fraction of sp³-hybridized carbons (Fsp3) is 0.923. The average molecular weight is 210 g/mol. The summed E-state index contributed by atoms with van der Waals surface area (Å²) >= 11 is 0. The molecule has 2 heteroatoms. The van der Waals surface area contributed by atoms with Gasteiger partial charge >= 0.3 is 0 Å². The van der Waals surface area contributed by atoms with Crippen molar-refractivity contribution in [3.05, 3.63) is 0 Å². The summed E-state index contributed by atoms with van der Waals surface area (Å²) in [6.45, 7) is 8.26. The highest BCUT2D eigenvalue weighted by Gasteiger charge is 2.68. The highest BCUT2D eigenvalue weighted by Crippen LogP contribution is 2.70. The predicted molar refractivity (Wildman–Crippen MR) is 59.5 cm³/mol. The number of rotatable bonds is 2. The monoisotopic (exact) mass is 210 g/mol. The van der Waals surface area contributed by atoms with Gasteiger partial charge in [0.05, 0.1) is 5.60 Å². The van der Waals surface area contributed by atoms with E-state index in [4.69, 9.17) is 0 Å². The van der Waals surface area contributed by atoms with Gasteiger partial charge in [-0.05, 0) is 37.5 Å². The Bertz CT molecular complexity index is 308. The van der Waals surface area contributed by atoms with Crippen LogP contribution in [0, 0.1) is 16.7 Å². The Balaban J connectivity index is 2.36. The average Bonchev–Trinajstić information content (AvgIpc) is 2.34. The summed E-state index contributed by atoms with van der Waals surface area (Å²) in [7, 11) is 0. The first-order chi connectivity index (χ1) is 6.73. The van der Waals surface area contributed by atoms with Gasteiger partial charge in [-0.25, -0.2) is 0 Å². The van der Waals surface area contributed by atoms with Gasteiger partial charge in [0.25, 0.3) is 0 Å². The van der Waals surface area contributed by atoms with Gasteiger partial charge in [0.15, 0.2) is 0 Å². The molecule has 2 fully saturated rings. The van der Waals surface area contributed by atoms with Crippen molar-refractivity contribution < 1.29 is 9.90 Å². The van der Waals surface area contributed by atoms with Crippen molar-refractivity contribution in [2.24, 2.45) is 16.7 Å². The lowest BCUT2D eigenvalue weighted by molar-refractivity contribution is -0.133. The highest BCUT2D eigenvalue weighted by molar-refractivity contribution is 5.77. The van der Waals surface area contributed by atoms with Gasteiger partial charge in [-0.15, -0.1) is 0 Å². The van der Waals surface area contributed by atoms with E-state index in [1.807, 2.05) is 0 Å². The Kier molecular flexibility index (Phi) is 2.11. The molecule has 2 bridgehead atoms. The van der Waals surface area contributed by atoms with E-state index in [0.29, 0.717) is 12.3 Å². The Morgan fingerprint density at radius 3 is 2.33 bits per heavy atom. The lowest BCUT2D eigenvalue weighted by Crippen LogP contribution is -2.48. The van der Waals surface area contributed by atoms with E-state index >= 15 is 0 Å². The van der Waals surface area contributed by atoms with Crippen molar-refractivity contribution in [1.82, 2.24) is 0 Å². The second-order valence-electron chi connectivity index (χ2n) is 6.40. The van der Waals surface area contributed by atoms with Gasteiger partial charge in [-0.3, -0.25) is 4.79 Å². The maximum Gasteiger partial charge on any atom is 0.132 e. The third kappa shape index (κ3) is 1.17. The van der Waals surface area contributed by atoms with Gasteiger partial charge < -0.3 is 5.11 Å². The van der Waals surface area contributed by atoms with Crippen LogP contribution in [-0.2, 0) is 4.79 Å². The van der Waals surface area contributed by atoms with Crippen molar-refractivity contribution in [3.63, 3.8) is 0 Å². The Morgan fingerprint density at radius 1 is 1.40 bits per heavy atom. The van der Waals surface area contributed by atoms with E-state index in [1.165, 1.54) is 6.42 Å². The van der Waals surface area contributed by atoms with E-state index in [-0.39, 0.29) is 16.6 Å². The topological polar surface area (TPSA) is 37.3 Å². The second kappa shape index (κ2) is 2.85. The SMILES string of the molecule is CC(=O)C[C@@]1(O)C[C@H]2CC[C@]1(C)C2(C)C. The zero-order chi connectivity index (χ0) is 11.5. The van der Waals surface area contributed by atoms with Crippen molar-refractivity contribution in [2.75, 3.05) is 0 Å². The first-order valence-corrected chi connectivity index (χ1v) is 5.95. The Morgan fingerprint density at radius 2 is 2.00 bits per heavy atom. The number of aliphatic hydroxyl groups is 1. The molecule has 2 saturated carbocycles. The van der Waals surface area contributed by atoms with Crippen LogP contribution in [0.1, 0.15) is 53.4 Å². The molecule has 0 unspecified atom stereocenters. The standard InChI is InChI=1S/C13H22O2/c1-9(14)7-13(15)8-10-5-6-12(13,4)11(10,2)3/h10,15H,5-8H2,1-4H3/t10-,12-,13-/m1/s1. The van der Waals surface area contributed by atoms with Gasteiger partial charge in [0.2, 0.25) is 0 Å². The summed E-state index contributed by atoms with van der Waals surface area (Å²) in [4.78, 5) is 11.3. The maximum absolute atomic E-state index is 11.3. The molecule has 0 aromatic carbocycles. The van der Waals surface area contributed by atoms with Crippen LogP contribution in [0.5, 0.6) is 0 Å². The summed E-state index contributed by atoms with van der Waals surface area (Å²) in [6, 6.07) is 0. The Labute approximate surface area is 92.1 Å². The molecule has 86 valence electrons. The number of hydrogen-bond acceptors (Lipinski definition) is 2.